The molecule has 0 aliphatic carbocycles. The average Bonchev–Trinajstić information content (AvgIpc) is 3.33. The Morgan fingerprint density at radius 1 is 1.16 bits per heavy atom. The number of phenols is 2. The molecule has 0 spiro atoms. The zero-order valence-corrected chi connectivity index (χ0v) is 17.5. The topological polar surface area (TPSA) is 114 Å². The maximum atomic E-state index is 12.2. The molecule has 5 rings (SSSR count). The number of nitrogens with one attached hydrogen (secondary N) is 1. The molecular weight excluding hydrogens is 398 g/mol. The van der Waals surface area contributed by atoms with Crippen LogP contribution in [0.3, 0.4) is 0 Å². The number of aromatic amines is 1. The number of benzene rings is 2. The second-order valence-corrected chi connectivity index (χ2v) is 7.85. The number of furan rings is 1. The zero-order chi connectivity index (χ0) is 22.0. The monoisotopic (exact) mass is 419 g/mol. The van der Waals surface area contributed by atoms with Crippen molar-refractivity contribution in [2.24, 2.45) is 0 Å². The third-order valence-corrected chi connectivity index (χ3v) is 5.64. The lowest BCUT2D eigenvalue weighted by molar-refractivity contribution is 0.351. The molecule has 8 heteroatoms. The van der Waals surface area contributed by atoms with Gasteiger partial charge in [-0.1, -0.05) is 0 Å². The number of pyridine rings is 1. The van der Waals surface area contributed by atoms with Crippen LogP contribution >= 0.6 is 0 Å². The highest BCUT2D eigenvalue weighted by atomic mass is 16.5. The number of nitrogens with zero attached hydrogens (tertiary/aromatic N) is 2. The molecule has 3 N–H and O–H groups in total. The van der Waals surface area contributed by atoms with E-state index in [2.05, 4.69) is 5.10 Å². The first kappa shape index (κ1) is 19.0. The molecule has 31 heavy (non-hydrogen) atoms. The van der Waals surface area contributed by atoms with E-state index in [0.717, 1.165) is 10.8 Å². The van der Waals surface area contributed by atoms with E-state index >= 15 is 0 Å². The third kappa shape index (κ3) is 2.61. The summed E-state index contributed by atoms with van der Waals surface area (Å²) in [5, 5.41) is 25.1. The maximum Gasteiger partial charge on any atom is 0.200 e. The van der Waals surface area contributed by atoms with Crippen molar-refractivity contribution in [1.29, 1.82) is 0 Å². The van der Waals surface area contributed by atoms with Crippen molar-refractivity contribution < 1.29 is 19.4 Å². The van der Waals surface area contributed by atoms with Crippen LogP contribution in [0.25, 0.3) is 44.2 Å². The fourth-order valence-corrected chi connectivity index (χ4v) is 4.03. The van der Waals surface area contributed by atoms with Crippen LogP contribution in [0.2, 0.25) is 0 Å². The molecule has 0 amide bonds. The number of aryl methyl sites for hydroxylation is 1. The van der Waals surface area contributed by atoms with Crippen LogP contribution in [0.4, 0.5) is 0 Å². The van der Waals surface area contributed by atoms with Gasteiger partial charge in [-0.05, 0) is 50.6 Å². The minimum absolute atomic E-state index is 0.110. The normalized spacial score (nSPS) is 11.9. The molecule has 0 unspecified atom stereocenters. The lowest BCUT2D eigenvalue weighted by atomic mass is 10.0. The highest BCUT2D eigenvalue weighted by molar-refractivity contribution is 6.15. The molecular formula is C23H21N3O5. The second-order valence-electron chi connectivity index (χ2n) is 7.85. The molecule has 0 saturated carbocycles. The van der Waals surface area contributed by atoms with Gasteiger partial charge in [-0.3, -0.25) is 9.48 Å². The number of ether oxygens (including phenoxy) is 1. The summed E-state index contributed by atoms with van der Waals surface area (Å²) in [5.41, 5.74) is 3.94. The molecule has 0 radical (unpaired) electrons. The standard InChI is InChI=1S/C23H21N3O5/c1-10(2)26-23-14(9-24-26)18(12-7-16(28)20(29)17(8-12)30-4)22-19(25-23)13-5-6-15(27)11(3)21(13)31-22/h5-10,24,28-29H,1-4H3. The van der Waals surface area contributed by atoms with E-state index < -0.39 is 0 Å². The summed E-state index contributed by atoms with van der Waals surface area (Å²) in [4.78, 5) is 17.1. The van der Waals surface area contributed by atoms with Crippen molar-refractivity contribution in [2.45, 2.75) is 26.8 Å². The molecule has 0 fully saturated rings. The number of hydrogen-bond acceptors (Lipinski definition) is 6. The lowest BCUT2D eigenvalue weighted by Crippen LogP contribution is -2.03. The maximum absolute atomic E-state index is 12.2. The number of methoxy groups -OCH3 is 1. The van der Waals surface area contributed by atoms with Crippen LogP contribution in [-0.2, 0) is 0 Å². The predicted octanol–water partition coefficient (Wildman–Crippen LogP) is 4.60. The first-order valence-corrected chi connectivity index (χ1v) is 9.87. The molecule has 5 aromatic rings. The number of phenolic OH excluding ortho intramolecular Hbond substituents is 2. The summed E-state index contributed by atoms with van der Waals surface area (Å²) in [6.07, 6.45) is 1.83. The fraction of sp³-hybridized carbons (Fsp3) is 0.217. The summed E-state index contributed by atoms with van der Waals surface area (Å²) in [6, 6.07) is 6.44. The van der Waals surface area contributed by atoms with Crippen molar-refractivity contribution in [3.8, 4) is 28.4 Å². The summed E-state index contributed by atoms with van der Waals surface area (Å²) in [6.45, 7) is 5.81. The van der Waals surface area contributed by atoms with E-state index in [1.54, 1.807) is 19.1 Å². The Morgan fingerprint density at radius 3 is 2.65 bits per heavy atom. The molecule has 3 heterocycles. The molecule has 0 bridgehead atoms. The van der Waals surface area contributed by atoms with E-state index in [0.29, 0.717) is 39.0 Å². The Balaban J connectivity index is 2.01. The summed E-state index contributed by atoms with van der Waals surface area (Å²) in [7, 11) is 1.42. The first-order chi connectivity index (χ1) is 14.8. The first-order valence-electron chi connectivity index (χ1n) is 9.87. The number of H-pyrrole nitrogens is 1. The third-order valence-electron chi connectivity index (χ3n) is 5.64. The Bertz CT molecular complexity index is 1560. The molecule has 0 aliphatic heterocycles. The molecule has 8 nitrogen and oxygen atoms in total. The van der Waals surface area contributed by atoms with Crippen molar-refractivity contribution in [3.63, 3.8) is 0 Å². The van der Waals surface area contributed by atoms with E-state index in [-0.39, 0.29) is 28.7 Å². The largest absolute Gasteiger partial charge is 0.504 e. The van der Waals surface area contributed by atoms with Gasteiger partial charge in [-0.15, -0.1) is 0 Å². The van der Waals surface area contributed by atoms with E-state index in [1.165, 1.54) is 19.2 Å². The highest BCUT2D eigenvalue weighted by Gasteiger charge is 2.23. The van der Waals surface area contributed by atoms with Crippen LogP contribution in [0.15, 0.2) is 39.7 Å². The van der Waals surface area contributed by atoms with E-state index in [1.807, 2.05) is 24.7 Å². The smallest absolute Gasteiger partial charge is 0.200 e. The van der Waals surface area contributed by atoms with E-state index in [9.17, 15) is 15.0 Å². The van der Waals surface area contributed by atoms with Gasteiger partial charge < -0.3 is 24.5 Å². The van der Waals surface area contributed by atoms with Crippen LogP contribution in [0.5, 0.6) is 17.2 Å². The Labute approximate surface area is 176 Å². The van der Waals surface area contributed by atoms with Gasteiger partial charge >= 0.3 is 0 Å². The fourth-order valence-electron chi connectivity index (χ4n) is 4.03. The van der Waals surface area contributed by atoms with Gasteiger partial charge in [0.15, 0.2) is 28.2 Å². The number of aromatic nitrogens is 3. The number of hydrogen-bond donors (Lipinski definition) is 3. The van der Waals surface area contributed by atoms with Crippen molar-refractivity contribution in [3.05, 3.63) is 46.2 Å². The SMILES string of the molecule is COc1cc(-c2c3c[nH]n(C(C)C)c3nc3c2oc2c(C)c(=O)ccc23)cc(O)c1O. The summed E-state index contributed by atoms with van der Waals surface area (Å²) in [5.74, 6) is -0.515. The average molecular weight is 419 g/mol. The number of fused-ring (bicyclic) bond motifs is 4. The van der Waals surface area contributed by atoms with Gasteiger partial charge in [0.1, 0.15) is 11.1 Å². The molecule has 158 valence electrons. The Kier molecular flexibility index (Phi) is 4.01. The van der Waals surface area contributed by atoms with Gasteiger partial charge in [0.05, 0.1) is 7.11 Å². The van der Waals surface area contributed by atoms with Crippen LogP contribution in [-0.4, -0.2) is 32.1 Å². The summed E-state index contributed by atoms with van der Waals surface area (Å²) < 4.78 is 13.4. The highest BCUT2D eigenvalue weighted by Crippen LogP contribution is 2.45. The molecule has 0 saturated heterocycles. The van der Waals surface area contributed by atoms with Gasteiger partial charge in [0.2, 0.25) is 5.75 Å². The Hall–Kier alpha value is -3.94. The molecule has 0 atom stereocenters. The van der Waals surface area contributed by atoms with Gasteiger partial charge in [0, 0.05) is 34.1 Å². The van der Waals surface area contributed by atoms with E-state index in [4.69, 9.17) is 14.1 Å². The quantitative estimate of drug-likeness (QED) is 0.368. The molecule has 3 aromatic heterocycles. The van der Waals surface area contributed by atoms with Gasteiger partial charge in [-0.2, -0.15) is 0 Å². The van der Waals surface area contributed by atoms with Crippen molar-refractivity contribution in [1.82, 2.24) is 14.8 Å². The van der Waals surface area contributed by atoms with Crippen LogP contribution in [0, 0.1) is 6.92 Å². The molecule has 2 aromatic carbocycles. The van der Waals surface area contributed by atoms with Gasteiger partial charge in [0.25, 0.3) is 0 Å². The van der Waals surface area contributed by atoms with Crippen LogP contribution < -0.4 is 10.2 Å². The van der Waals surface area contributed by atoms with Crippen LogP contribution in [0.1, 0.15) is 25.5 Å². The van der Waals surface area contributed by atoms with Gasteiger partial charge in [-0.25, -0.2) is 4.98 Å². The second kappa shape index (κ2) is 6.53. The number of aromatic hydroxyl groups is 2. The number of rotatable bonds is 3. The predicted molar refractivity (Wildman–Crippen MR) is 118 cm³/mol. The van der Waals surface area contributed by atoms with Crippen molar-refractivity contribution >= 4 is 33.1 Å². The minimum atomic E-state index is -0.337. The summed E-state index contributed by atoms with van der Waals surface area (Å²) >= 11 is 0. The van der Waals surface area contributed by atoms with Crippen molar-refractivity contribution in [2.75, 3.05) is 7.11 Å². The zero-order valence-electron chi connectivity index (χ0n) is 17.5. The molecule has 0 aliphatic rings. The lowest BCUT2D eigenvalue weighted by Gasteiger charge is -2.11. The Morgan fingerprint density at radius 2 is 1.94 bits per heavy atom. The minimum Gasteiger partial charge on any atom is -0.504 e.